The summed E-state index contributed by atoms with van der Waals surface area (Å²) in [5, 5.41) is 11.2. The van der Waals surface area contributed by atoms with Crippen molar-refractivity contribution in [2.24, 2.45) is 11.3 Å². The number of aliphatic hydroxyl groups is 1. The van der Waals surface area contributed by atoms with Crippen molar-refractivity contribution in [2.75, 3.05) is 31.7 Å². The van der Waals surface area contributed by atoms with Gasteiger partial charge in [-0.2, -0.15) is 0 Å². The van der Waals surface area contributed by atoms with E-state index in [0.717, 1.165) is 42.8 Å². The average molecular weight is 375 g/mol. The topological polar surface area (TPSA) is 58.5 Å². The summed E-state index contributed by atoms with van der Waals surface area (Å²) in [6, 6.07) is 12.4. The maximum atomic E-state index is 10.0. The molecule has 1 aliphatic heterocycles. The number of hydrogen-bond donors (Lipinski definition) is 1. The van der Waals surface area contributed by atoms with E-state index in [1.165, 1.54) is 11.1 Å². The van der Waals surface area contributed by atoms with Crippen molar-refractivity contribution in [2.45, 2.75) is 18.8 Å². The van der Waals surface area contributed by atoms with Crippen molar-refractivity contribution in [3.63, 3.8) is 0 Å². The molecule has 0 amide bonds. The molecule has 144 valence electrons. The lowest BCUT2D eigenvalue weighted by Gasteiger charge is -2.61. The minimum Gasteiger partial charge on any atom is -0.496 e. The van der Waals surface area contributed by atoms with E-state index in [1.807, 2.05) is 24.5 Å². The number of nitrogens with zero attached hydrogens (tertiary/aromatic N) is 3. The zero-order chi connectivity index (χ0) is 19.1. The number of para-hydroxylation sites is 1. The summed E-state index contributed by atoms with van der Waals surface area (Å²) in [5.74, 6) is 1.41. The Hall–Kier alpha value is -2.66. The molecule has 5 rings (SSSR count). The zero-order valence-corrected chi connectivity index (χ0v) is 16.1. The number of aliphatic hydroxyl groups excluding tert-OH is 1. The molecule has 1 spiro atoms. The monoisotopic (exact) mass is 375 g/mol. The van der Waals surface area contributed by atoms with E-state index in [-0.39, 0.29) is 12.5 Å². The van der Waals surface area contributed by atoms with E-state index in [9.17, 15) is 5.11 Å². The van der Waals surface area contributed by atoms with Crippen molar-refractivity contribution in [1.82, 2.24) is 9.97 Å². The molecule has 2 aliphatic rings. The number of pyridine rings is 2. The van der Waals surface area contributed by atoms with Crippen LogP contribution >= 0.6 is 0 Å². The third kappa shape index (κ3) is 2.81. The van der Waals surface area contributed by atoms with Crippen LogP contribution < -0.4 is 9.64 Å². The number of rotatable bonds is 5. The van der Waals surface area contributed by atoms with Crippen LogP contribution in [0.3, 0.4) is 0 Å². The highest BCUT2D eigenvalue weighted by atomic mass is 16.5. The first kappa shape index (κ1) is 17.4. The summed E-state index contributed by atoms with van der Waals surface area (Å²) < 4.78 is 5.48. The van der Waals surface area contributed by atoms with Crippen LogP contribution in [0, 0.1) is 11.3 Å². The molecule has 2 aromatic heterocycles. The van der Waals surface area contributed by atoms with E-state index < -0.39 is 0 Å². The van der Waals surface area contributed by atoms with Crippen molar-refractivity contribution in [1.29, 1.82) is 0 Å². The molecule has 2 fully saturated rings. The zero-order valence-electron chi connectivity index (χ0n) is 16.1. The van der Waals surface area contributed by atoms with Crippen LogP contribution in [0.5, 0.6) is 5.75 Å². The molecule has 5 heteroatoms. The number of aromatic nitrogens is 2. The fraction of sp³-hybridized carbons (Fsp3) is 0.391. The van der Waals surface area contributed by atoms with Crippen LogP contribution in [-0.2, 0) is 0 Å². The summed E-state index contributed by atoms with van der Waals surface area (Å²) in [7, 11) is 1.68. The highest BCUT2D eigenvalue weighted by Gasteiger charge is 2.54. The SMILES string of the molecule is COc1ccncc1C(CO)C1CC2(C1)CN(c1cnc3ccccc3c1)C2. The molecule has 28 heavy (non-hydrogen) atoms. The molecular formula is C23H25N3O2. The van der Waals surface area contributed by atoms with Crippen LogP contribution in [0.1, 0.15) is 24.3 Å². The van der Waals surface area contributed by atoms with E-state index in [1.54, 1.807) is 13.3 Å². The van der Waals surface area contributed by atoms with Gasteiger partial charge in [-0.05, 0) is 37.0 Å². The molecule has 1 atom stereocenters. The molecular weight excluding hydrogens is 350 g/mol. The second-order valence-electron chi connectivity index (χ2n) is 8.32. The average Bonchev–Trinajstić information content (AvgIpc) is 2.68. The number of ether oxygens (including phenoxy) is 1. The molecule has 1 unspecified atom stereocenters. The standard InChI is InChI=1S/C23H25N3O2/c1-28-22-6-7-24-12-19(22)20(13-27)17-9-23(10-17)14-26(15-23)18-8-16-4-2-3-5-21(16)25-11-18/h2-8,11-12,17,20,27H,9-10,13-15H2,1H3. The lowest BCUT2D eigenvalue weighted by Crippen LogP contribution is -2.63. The first-order valence-corrected chi connectivity index (χ1v) is 9.90. The minimum absolute atomic E-state index is 0.102. The van der Waals surface area contributed by atoms with Gasteiger partial charge in [-0.15, -0.1) is 0 Å². The first-order chi connectivity index (χ1) is 13.7. The summed E-state index contributed by atoms with van der Waals surface area (Å²) in [6.45, 7) is 2.29. The van der Waals surface area contributed by atoms with E-state index in [4.69, 9.17) is 4.74 Å². The van der Waals surface area contributed by atoms with Gasteiger partial charge >= 0.3 is 0 Å². The molecule has 3 heterocycles. The van der Waals surface area contributed by atoms with Crippen LogP contribution in [0.15, 0.2) is 55.0 Å². The largest absolute Gasteiger partial charge is 0.496 e. The maximum absolute atomic E-state index is 10.0. The predicted octanol–water partition coefficient (Wildman–Crippen LogP) is 3.63. The van der Waals surface area contributed by atoms with Crippen molar-refractivity contribution < 1.29 is 9.84 Å². The Morgan fingerprint density at radius 1 is 1.21 bits per heavy atom. The van der Waals surface area contributed by atoms with Gasteiger partial charge in [0.05, 0.1) is 31.1 Å². The fourth-order valence-corrected chi connectivity index (χ4v) is 5.13. The molecule has 0 bridgehead atoms. The second-order valence-corrected chi connectivity index (χ2v) is 8.32. The van der Waals surface area contributed by atoms with Crippen LogP contribution in [0.2, 0.25) is 0 Å². The van der Waals surface area contributed by atoms with Crippen molar-refractivity contribution in [3.05, 3.63) is 60.6 Å². The Morgan fingerprint density at radius 3 is 2.82 bits per heavy atom. The van der Waals surface area contributed by atoms with E-state index >= 15 is 0 Å². The third-order valence-corrected chi connectivity index (χ3v) is 6.58. The summed E-state index contributed by atoms with van der Waals surface area (Å²) in [4.78, 5) is 11.3. The Bertz CT molecular complexity index is 992. The fourth-order valence-electron chi connectivity index (χ4n) is 5.13. The number of anilines is 1. The number of hydrogen-bond acceptors (Lipinski definition) is 5. The van der Waals surface area contributed by atoms with Crippen LogP contribution in [0.25, 0.3) is 10.9 Å². The lowest BCUT2D eigenvalue weighted by atomic mass is 9.54. The summed E-state index contributed by atoms with van der Waals surface area (Å²) in [5.41, 5.74) is 3.67. The molecule has 1 N–H and O–H groups in total. The van der Waals surface area contributed by atoms with Gasteiger partial charge in [0.1, 0.15) is 5.75 Å². The normalized spacial score (nSPS) is 19.3. The second kappa shape index (κ2) is 6.74. The Labute approximate surface area is 165 Å². The van der Waals surface area contributed by atoms with Gasteiger partial charge in [-0.1, -0.05) is 18.2 Å². The molecule has 1 saturated heterocycles. The maximum Gasteiger partial charge on any atom is 0.125 e. The molecule has 0 radical (unpaired) electrons. The molecule has 1 saturated carbocycles. The molecule has 1 aromatic carbocycles. The molecule has 1 aliphatic carbocycles. The van der Waals surface area contributed by atoms with Gasteiger partial charge in [0.15, 0.2) is 0 Å². The summed E-state index contributed by atoms with van der Waals surface area (Å²) in [6.07, 6.45) is 7.86. The Kier molecular flexibility index (Phi) is 4.20. The van der Waals surface area contributed by atoms with Crippen LogP contribution in [-0.4, -0.2) is 41.9 Å². The van der Waals surface area contributed by atoms with Gasteiger partial charge in [-0.25, -0.2) is 0 Å². The van der Waals surface area contributed by atoms with Gasteiger partial charge in [0, 0.05) is 47.8 Å². The number of benzene rings is 1. The Morgan fingerprint density at radius 2 is 2.04 bits per heavy atom. The minimum atomic E-state index is 0.102. The summed E-state index contributed by atoms with van der Waals surface area (Å²) >= 11 is 0. The van der Waals surface area contributed by atoms with E-state index in [2.05, 4.69) is 39.1 Å². The van der Waals surface area contributed by atoms with Gasteiger partial charge in [0.2, 0.25) is 0 Å². The van der Waals surface area contributed by atoms with Gasteiger partial charge in [0.25, 0.3) is 0 Å². The quantitative estimate of drug-likeness (QED) is 0.738. The first-order valence-electron chi connectivity index (χ1n) is 9.90. The van der Waals surface area contributed by atoms with E-state index in [0.29, 0.717) is 11.3 Å². The van der Waals surface area contributed by atoms with Crippen molar-refractivity contribution in [3.8, 4) is 5.75 Å². The Balaban J connectivity index is 1.25. The number of methoxy groups -OCH3 is 1. The van der Waals surface area contributed by atoms with Gasteiger partial charge < -0.3 is 14.7 Å². The smallest absolute Gasteiger partial charge is 0.125 e. The third-order valence-electron chi connectivity index (χ3n) is 6.58. The highest BCUT2D eigenvalue weighted by Crippen LogP contribution is 2.57. The lowest BCUT2D eigenvalue weighted by molar-refractivity contribution is -0.00245. The molecule has 3 aromatic rings. The highest BCUT2D eigenvalue weighted by molar-refractivity contribution is 5.81. The van der Waals surface area contributed by atoms with Crippen molar-refractivity contribution >= 4 is 16.6 Å². The van der Waals surface area contributed by atoms with Gasteiger partial charge in [-0.3, -0.25) is 9.97 Å². The number of fused-ring (bicyclic) bond motifs is 1. The predicted molar refractivity (Wildman–Crippen MR) is 110 cm³/mol. The molecule has 5 nitrogen and oxygen atoms in total. The van der Waals surface area contributed by atoms with Crippen LogP contribution in [0.4, 0.5) is 5.69 Å².